The Labute approximate surface area is 124 Å². The van der Waals surface area contributed by atoms with Crippen LogP contribution >= 0.6 is 0 Å². The minimum atomic E-state index is -0.254. The lowest BCUT2D eigenvalue weighted by Gasteiger charge is -2.10. The smallest absolute Gasteiger partial charge is 0.310 e. The molecule has 0 atom stereocenters. The number of ether oxygens (including phenoxy) is 3. The molecule has 0 fully saturated rings. The third-order valence-corrected chi connectivity index (χ3v) is 3.04. The predicted molar refractivity (Wildman–Crippen MR) is 79.5 cm³/mol. The molecule has 2 rings (SSSR count). The summed E-state index contributed by atoms with van der Waals surface area (Å²) >= 11 is 0. The van der Waals surface area contributed by atoms with Crippen LogP contribution in [0.3, 0.4) is 0 Å². The summed E-state index contributed by atoms with van der Waals surface area (Å²) in [5, 5.41) is 0. The minimum absolute atomic E-state index is 0.214. The number of esters is 1. The van der Waals surface area contributed by atoms with Gasteiger partial charge in [0.15, 0.2) is 11.5 Å². The Balaban J connectivity index is 1.92. The van der Waals surface area contributed by atoms with Crippen molar-refractivity contribution < 1.29 is 19.0 Å². The number of methoxy groups -OCH3 is 2. The fraction of sp³-hybridized carbons (Fsp3) is 0.235. The third-order valence-electron chi connectivity index (χ3n) is 3.04. The normalized spacial score (nSPS) is 10.0. The van der Waals surface area contributed by atoms with Crippen LogP contribution in [-0.4, -0.2) is 20.2 Å². The molecule has 0 heterocycles. The Kier molecular flexibility index (Phi) is 5.21. The van der Waals surface area contributed by atoms with Crippen molar-refractivity contribution in [3.8, 4) is 11.5 Å². The molecule has 0 bridgehead atoms. The zero-order valence-corrected chi connectivity index (χ0v) is 12.2. The van der Waals surface area contributed by atoms with Crippen LogP contribution < -0.4 is 9.47 Å². The Morgan fingerprint density at radius 2 is 1.62 bits per heavy atom. The standard InChI is InChI=1S/C17H18O4/c1-19-15-9-8-14(10-16(15)20-2)12-21-17(18)11-13-6-4-3-5-7-13/h3-10H,11-12H2,1-2H3. The van der Waals surface area contributed by atoms with Gasteiger partial charge >= 0.3 is 5.97 Å². The van der Waals surface area contributed by atoms with Crippen molar-refractivity contribution in [1.29, 1.82) is 0 Å². The second-order valence-electron chi connectivity index (χ2n) is 4.51. The molecule has 0 spiro atoms. The Morgan fingerprint density at radius 3 is 2.29 bits per heavy atom. The molecule has 4 nitrogen and oxygen atoms in total. The second kappa shape index (κ2) is 7.33. The summed E-state index contributed by atoms with van der Waals surface area (Å²) < 4.78 is 15.6. The van der Waals surface area contributed by atoms with Crippen LogP contribution in [0.2, 0.25) is 0 Å². The maximum Gasteiger partial charge on any atom is 0.310 e. The predicted octanol–water partition coefficient (Wildman–Crippen LogP) is 2.99. The molecule has 0 saturated carbocycles. The summed E-state index contributed by atoms with van der Waals surface area (Å²) in [6.07, 6.45) is 0.272. The van der Waals surface area contributed by atoms with E-state index < -0.39 is 0 Å². The van der Waals surface area contributed by atoms with Crippen LogP contribution in [0.4, 0.5) is 0 Å². The van der Waals surface area contributed by atoms with Gasteiger partial charge in [0.2, 0.25) is 0 Å². The summed E-state index contributed by atoms with van der Waals surface area (Å²) in [6.45, 7) is 0.214. The fourth-order valence-electron chi connectivity index (χ4n) is 1.95. The Bertz CT molecular complexity index is 593. The van der Waals surface area contributed by atoms with Crippen molar-refractivity contribution in [2.45, 2.75) is 13.0 Å². The molecule has 0 aromatic heterocycles. The quantitative estimate of drug-likeness (QED) is 0.766. The van der Waals surface area contributed by atoms with Crippen molar-refractivity contribution in [2.24, 2.45) is 0 Å². The van der Waals surface area contributed by atoms with Gasteiger partial charge in [0.05, 0.1) is 20.6 Å². The maximum absolute atomic E-state index is 11.8. The highest BCUT2D eigenvalue weighted by atomic mass is 16.5. The van der Waals surface area contributed by atoms with Gasteiger partial charge < -0.3 is 14.2 Å². The first-order valence-electron chi connectivity index (χ1n) is 6.63. The van der Waals surface area contributed by atoms with Gasteiger partial charge in [-0.3, -0.25) is 4.79 Å². The zero-order chi connectivity index (χ0) is 15.1. The van der Waals surface area contributed by atoms with E-state index in [1.165, 1.54) is 0 Å². The van der Waals surface area contributed by atoms with E-state index >= 15 is 0 Å². The first-order valence-corrected chi connectivity index (χ1v) is 6.63. The lowest BCUT2D eigenvalue weighted by molar-refractivity contribution is -0.144. The molecule has 0 amide bonds. The third kappa shape index (κ3) is 4.24. The average molecular weight is 286 g/mol. The van der Waals surface area contributed by atoms with E-state index in [-0.39, 0.29) is 19.0 Å². The number of carbonyl (C=O) groups is 1. The molecule has 0 saturated heterocycles. The highest BCUT2D eigenvalue weighted by molar-refractivity contribution is 5.72. The number of rotatable bonds is 6. The first kappa shape index (κ1) is 14.9. The van der Waals surface area contributed by atoms with E-state index in [0.717, 1.165) is 11.1 Å². The molecule has 0 N–H and O–H groups in total. The highest BCUT2D eigenvalue weighted by Crippen LogP contribution is 2.27. The number of hydrogen-bond donors (Lipinski definition) is 0. The summed E-state index contributed by atoms with van der Waals surface area (Å²) in [6, 6.07) is 15.0. The molecule has 0 aliphatic heterocycles. The van der Waals surface area contributed by atoms with Crippen LogP contribution in [0.5, 0.6) is 11.5 Å². The second-order valence-corrected chi connectivity index (χ2v) is 4.51. The van der Waals surface area contributed by atoms with Gasteiger partial charge in [-0.1, -0.05) is 36.4 Å². The van der Waals surface area contributed by atoms with E-state index in [1.54, 1.807) is 26.4 Å². The largest absolute Gasteiger partial charge is 0.493 e. The number of carbonyl (C=O) groups excluding carboxylic acids is 1. The SMILES string of the molecule is COc1ccc(COC(=O)Cc2ccccc2)cc1OC. The van der Waals surface area contributed by atoms with E-state index in [1.807, 2.05) is 36.4 Å². The molecular weight excluding hydrogens is 268 g/mol. The van der Waals surface area contributed by atoms with Crippen LogP contribution in [0.15, 0.2) is 48.5 Å². The van der Waals surface area contributed by atoms with Crippen LogP contribution in [-0.2, 0) is 22.6 Å². The number of benzene rings is 2. The summed E-state index contributed by atoms with van der Waals surface area (Å²) in [5.41, 5.74) is 1.80. The zero-order valence-electron chi connectivity index (χ0n) is 12.2. The fourth-order valence-corrected chi connectivity index (χ4v) is 1.95. The van der Waals surface area contributed by atoms with Gasteiger partial charge in [0, 0.05) is 0 Å². The Morgan fingerprint density at radius 1 is 0.905 bits per heavy atom. The van der Waals surface area contributed by atoms with Gasteiger partial charge in [0.25, 0.3) is 0 Å². The molecule has 0 radical (unpaired) electrons. The maximum atomic E-state index is 11.8. The van der Waals surface area contributed by atoms with Gasteiger partial charge in [-0.15, -0.1) is 0 Å². The van der Waals surface area contributed by atoms with Gasteiger partial charge in [-0.2, -0.15) is 0 Å². The minimum Gasteiger partial charge on any atom is -0.493 e. The van der Waals surface area contributed by atoms with E-state index in [4.69, 9.17) is 14.2 Å². The summed E-state index contributed by atoms with van der Waals surface area (Å²) in [5.74, 6) is 1.02. The average Bonchev–Trinajstić information content (AvgIpc) is 2.53. The molecule has 2 aromatic carbocycles. The molecule has 2 aromatic rings. The lowest BCUT2D eigenvalue weighted by Crippen LogP contribution is -2.08. The molecule has 0 aliphatic carbocycles. The molecule has 0 unspecified atom stereocenters. The lowest BCUT2D eigenvalue weighted by atomic mass is 10.1. The topological polar surface area (TPSA) is 44.8 Å². The first-order chi connectivity index (χ1) is 10.2. The van der Waals surface area contributed by atoms with Gasteiger partial charge in [-0.25, -0.2) is 0 Å². The van der Waals surface area contributed by atoms with E-state index in [0.29, 0.717) is 11.5 Å². The van der Waals surface area contributed by atoms with Crippen molar-refractivity contribution in [3.05, 3.63) is 59.7 Å². The van der Waals surface area contributed by atoms with Gasteiger partial charge in [0.1, 0.15) is 6.61 Å². The molecule has 0 aliphatic rings. The van der Waals surface area contributed by atoms with Crippen molar-refractivity contribution >= 4 is 5.97 Å². The van der Waals surface area contributed by atoms with Crippen LogP contribution in [0.25, 0.3) is 0 Å². The molecular formula is C17H18O4. The molecule has 110 valence electrons. The van der Waals surface area contributed by atoms with Crippen molar-refractivity contribution in [3.63, 3.8) is 0 Å². The molecule has 4 heteroatoms. The monoisotopic (exact) mass is 286 g/mol. The van der Waals surface area contributed by atoms with E-state index in [2.05, 4.69) is 0 Å². The highest BCUT2D eigenvalue weighted by Gasteiger charge is 2.08. The summed E-state index contributed by atoms with van der Waals surface area (Å²) in [4.78, 5) is 11.8. The van der Waals surface area contributed by atoms with Gasteiger partial charge in [-0.05, 0) is 23.3 Å². The number of hydrogen-bond acceptors (Lipinski definition) is 4. The van der Waals surface area contributed by atoms with Crippen LogP contribution in [0.1, 0.15) is 11.1 Å². The molecule has 21 heavy (non-hydrogen) atoms. The summed E-state index contributed by atoms with van der Waals surface area (Å²) in [7, 11) is 3.15. The van der Waals surface area contributed by atoms with E-state index in [9.17, 15) is 4.79 Å². The van der Waals surface area contributed by atoms with Crippen LogP contribution in [0, 0.1) is 0 Å². The van der Waals surface area contributed by atoms with Crippen molar-refractivity contribution in [2.75, 3.05) is 14.2 Å². The Hall–Kier alpha value is -2.49. The van der Waals surface area contributed by atoms with Crippen molar-refractivity contribution in [1.82, 2.24) is 0 Å².